The first kappa shape index (κ1) is 55.2. The number of allylic oxidation sites excluding steroid dienone is 2. The molecule has 2 unspecified atom stereocenters. The summed E-state index contributed by atoms with van der Waals surface area (Å²) in [6.07, 6.45) is 8.47. The topological polar surface area (TPSA) is 229 Å². The summed E-state index contributed by atoms with van der Waals surface area (Å²) in [4.78, 5) is 36.7. The number of halogens is 2. The van der Waals surface area contributed by atoms with Gasteiger partial charge >= 0.3 is 12.2 Å². The fourth-order valence-corrected chi connectivity index (χ4v) is 10.4. The number of nitro benzene ring substituents is 1. The first-order valence-electron chi connectivity index (χ1n) is 23.8. The first-order chi connectivity index (χ1) is 32.4. The molecule has 0 bridgehead atoms. The molecule has 388 valence electrons. The molecule has 2 spiro atoms. The number of carbonyl (C=O) groups is 2. The molecule has 0 aromatic heterocycles. The van der Waals surface area contributed by atoms with Crippen molar-refractivity contribution in [1.82, 2.24) is 10.2 Å². The van der Waals surface area contributed by atoms with E-state index >= 15 is 0 Å². The number of ether oxygens (including phenoxy) is 9. The lowest BCUT2D eigenvalue weighted by atomic mass is 9.68. The van der Waals surface area contributed by atoms with E-state index in [1.807, 2.05) is 6.92 Å². The number of hydrogen-bond acceptors (Lipinski definition) is 16. The van der Waals surface area contributed by atoms with Gasteiger partial charge in [-0.25, -0.2) is 9.59 Å². The number of alkyl halides is 2. The van der Waals surface area contributed by atoms with Gasteiger partial charge in [-0.2, -0.15) is 0 Å². The molecule has 1 aromatic carbocycles. The lowest BCUT2D eigenvalue weighted by Gasteiger charge is -2.46. The van der Waals surface area contributed by atoms with E-state index in [1.54, 1.807) is 21.1 Å². The molecule has 1 aromatic rings. The second-order valence-electron chi connectivity index (χ2n) is 21.1. The van der Waals surface area contributed by atoms with Crippen LogP contribution in [0.15, 0.2) is 48.6 Å². The molecule has 6 saturated heterocycles. The minimum atomic E-state index is -0.879. The Morgan fingerprint density at radius 3 is 1.57 bits per heavy atom. The van der Waals surface area contributed by atoms with Crippen LogP contribution >= 0.6 is 23.2 Å². The summed E-state index contributed by atoms with van der Waals surface area (Å²) in [7, 11) is 3.26. The first-order valence-corrected chi connectivity index (χ1v) is 24.9. The van der Waals surface area contributed by atoms with Crippen LogP contribution in [0.5, 0.6) is 5.75 Å². The standard InChI is InChI=1S/C23H29NO8.C21H33NO6.C4H9NO.CH2Cl2/c1-14(2)5-10-18-22(3,32-18)20-19(28-4)17(11-12-23(20)13-29-23)31-21(25)30-16-8-6-15(7-9-16)24(26)27;1-13(2)6-7-15-20(4,28-15)17-16(25-5)14(8-9-21(17)12-26-21)27-18(23)22-10-19(3,24)11-22;1-4(6)2-5-3-4;2-1-3/h5-10,14,17-20H,11-13H2,1-4H3;6-7,13-17,24H,8-12H2,1-5H3;5-6H,2-3H2,1H3;1H2/b10-5+;7-6+;;/t17-,18-,19-,20?,22-,23+;14-,15-,16-,17?,20-,21+;;/m11../s1. The summed E-state index contributed by atoms with van der Waals surface area (Å²) in [6, 6.07) is 5.24. The Hall–Kier alpha value is -3.14. The number of rotatable bonds is 12. The maximum absolute atomic E-state index is 12.5. The number of nitrogens with zero attached hydrogens (tertiary/aromatic N) is 2. The largest absolute Gasteiger partial charge is 0.514 e. The van der Waals surface area contributed by atoms with E-state index in [-0.39, 0.29) is 81.5 Å². The van der Waals surface area contributed by atoms with Crippen LogP contribution < -0.4 is 10.1 Å². The van der Waals surface area contributed by atoms with E-state index in [0.29, 0.717) is 51.0 Å². The van der Waals surface area contributed by atoms with Gasteiger partial charge in [-0.15, -0.1) is 23.2 Å². The predicted molar refractivity (Wildman–Crippen MR) is 255 cm³/mol. The molecule has 18 nitrogen and oxygen atoms in total. The SMILES string of the molecule is CC1(O)CNC1.CO[C@H]1C([C@]2(C)O[C@@H]2/C=C/C(C)C)[C@]2(CC[C@H]1OC(=O)N1CC(C)(O)C1)CO2.CO[C@H]1C([C@]2(C)O[C@@H]2/C=C/C(C)C)[C@]2(CC[C@H]1OC(=O)Oc1ccc([N+](=O)[O-])cc1)CO2.ClCCl. The number of carbonyl (C=O) groups excluding carboxylic acids is 2. The molecule has 1 amide bonds. The van der Waals surface area contributed by atoms with Gasteiger partial charge in [0, 0.05) is 39.4 Å². The van der Waals surface area contributed by atoms with Crippen molar-refractivity contribution in [1.29, 1.82) is 0 Å². The van der Waals surface area contributed by atoms with Gasteiger partial charge in [0.1, 0.15) is 64.8 Å². The second kappa shape index (κ2) is 21.9. The Morgan fingerprint density at radius 2 is 1.23 bits per heavy atom. The average Bonchev–Trinajstić information content (AvgIpc) is 4.15. The second-order valence-corrected chi connectivity index (χ2v) is 21.9. The number of likely N-dealkylation sites (tertiary alicyclic amines) is 1. The summed E-state index contributed by atoms with van der Waals surface area (Å²) < 4.78 is 52.4. The van der Waals surface area contributed by atoms with E-state index in [2.05, 4.69) is 71.2 Å². The average molecular weight is 1020 g/mol. The number of aliphatic hydroxyl groups is 2. The number of nitro groups is 1. The number of benzene rings is 1. The van der Waals surface area contributed by atoms with Gasteiger partial charge < -0.3 is 63.1 Å². The zero-order valence-corrected chi connectivity index (χ0v) is 43.0. The molecule has 6 aliphatic heterocycles. The van der Waals surface area contributed by atoms with Gasteiger partial charge in [-0.05, 0) is 77.3 Å². The number of hydrogen-bond donors (Lipinski definition) is 3. The fourth-order valence-electron chi connectivity index (χ4n) is 10.4. The molecular formula is C49H73Cl2N3O15. The van der Waals surface area contributed by atoms with E-state index < -0.39 is 34.5 Å². The van der Waals surface area contributed by atoms with Crippen molar-refractivity contribution in [3.63, 3.8) is 0 Å². The van der Waals surface area contributed by atoms with Crippen molar-refractivity contribution in [3.8, 4) is 5.75 Å². The van der Waals surface area contributed by atoms with Crippen LogP contribution in [0.2, 0.25) is 0 Å². The third kappa shape index (κ3) is 13.3. The monoisotopic (exact) mass is 1010 g/mol. The molecule has 0 radical (unpaired) electrons. The maximum Gasteiger partial charge on any atom is 0.514 e. The van der Waals surface area contributed by atoms with Crippen molar-refractivity contribution in [2.45, 2.75) is 151 Å². The highest BCUT2D eigenvalue weighted by atomic mass is 35.5. The summed E-state index contributed by atoms with van der Waals surface area (Å²) in [5.74, 6) is 0.946. The van der Waals surface area contributed by atoms with E-state index in [1.165, 1.54) is 29.2 Å². The maximum atomic E-state index is 12.5. The number of methoxy groups -OCH3 is 2. The Kier molecular flexibility index (Phi) is 17.5. The van der Waals surface area contributed by atoms with Gasteiger partial charge in [0.2, 0.25) is 0 Å². The highest BCUT2D eigenvalue weighted by Gasteiger charge is 2.73. The van der Waals surface area contributed by atoms with E-state index in [9.17, 15) is 24.8 Å². The number of amides is 1. The van der Waals surface area contributed by atoms with Gasteiger partial charge in [-0.1, -0.05) is 52.0 Å². The van der Waals surface area contributed by atoms with Crippen LogP contribution in [0.4, 0.5) is 15.3 Å². The minimum Gasteiger partial charge on any atom is -0.443 e. The molecule has 8 fully saturated rings. The van der Waals surface area contributed by atoms with Crippen LogP contribution in [-0.2, 0) is 37.9 Å². The van der Waals surface area contributed by atoms with Crippen LogP contribution in [0.1, 0.15) is 81.1 Å². The summed E-state index contributed by atoms with van der Waals surface area (Å²) in [6.45, 7) is 19.7. The molecule has 8 aliphatic rings. The zero-order chi connectivity index (χ0) is 50.7. The molecule has 69 heavy (non-hydrogen) atoms. The van der Waals surface area contributed by atoms with Crippen molar-refractivity contribution in [2.24, 2.45) is 23.7 Å². The number of nitrogens with one attached hydrogen (secondary N) is 1. The Labute approximate surface area is 415 Å². The number of non-ortho nitro benzene ring substituents is 1. The highest BCUT2D eigenvalue weighted by Crippen LogP contribution is 2.60. The van der Waals surface area contributed by atoms with Crippen LogP contribution in [0.3, 0.4) is 0 Å². The van der Waals surface area contributed by atoms with Crippen molar-refractivity contribution in [2.75, 3.05) is 59.0 Å². The van der Waals surface area contributed by atoms with Crippen molar-refractivity contribution in [3.05, 3.63) is 58.7 Å². The molecule has 2 aliphatic carbocycles. The van der Waals surface area contributed by atoms with Gasteiger partial charge in [0.15, 0.2) is 0 Å². The summed E-state index contributed by atoms with van der Waals surface area (Å²) in [5.41, 5.74) is -2.70. The third-order valence-corrected chi connectivity index (χ3v) is 14.2. The summed E-state index contributed by atoms with van der Waals surface area (Å²) in [5, 5.41) is 32.6. The van der Waals surface area contributed by atoms with Gasteiger partial charge in [0.05, 0.1) is 59.6 Å². The Morgan fingerprint density at radius 1 is 0.812 bits per heavy atom. The summed E-state index contributed by atoms with van der Waals surface area (Å²) >= 11 is 9.53. The van der Waals surface area contributed by atoms with Gasteiger partial charge in [-0.3, -0.25) is 10.1 Å². The van der Waals surface area contributed by atoms with Gasteiger partial charge in [0.25, 0.3) is 5.69 Å². The van der Waals surface area contributed by atoms with Crippen LogP contribution in [0.25, 0.3) is 0 Å². The Bertz CT molecular complexity index is 1980. The zero-order valence-electron chi connectivity index (χ0n) is 41.5. The minimum absolute atomic E-state index is 0.00198. The predicted octanol–water partition coefficient (Wildman–Crippen LogP) is 6.93. The lowest BCUT2D eigenvalue weighted by molar-refractivity contribution is -0.384. The quantitative estimate of drug-likeness (QED) is 0.0367. The number of β-amino-alcohol motifs (C(OH)–C–C–N with tert-alkyl or cyclic N) is 2. The molecule has 9 rings (SSSR count). The third-order valence-electron chi connectivity index (χ3n) is 14.2. The van der Waals surface area contributed by atoms with E-state index in [0.717, 1.165) is 25.9 Å². The normalized spacial score (nSPS) is 37.2. The van der Waals surface area contributed by atoms with Crippen molar-refractivity contribution >= 4 is 41.1 Å². The molecule has 6 heterocycles. The Balaban J connectivity index is 0.000000193. The molecule has 20 heteroatoms. The van der Waals surface area contributed by atoms with Crippen LogP contribution in [-0.4, -0.2) is 161 Å². The van der Waals surface area contributed by atoms with Crippen molar-refractivity contribution < 1.29 is 67.4 Å². The molecular weight excluding hydrogens is 941 g/mol. The fraction of sp³-hybridized carbons (Fsp3) is 0.755. The molecule has 2 saturated carbocycles. The number of epoxide rings is 4. The molecule has 12 atom stereocenters. The molecule has 3 N–H and O–H groups in total. The smallest absolute Gasteiger partial charge is 0.443 e. The van der Waals surface area contributed by atoms with E-state index in [4.69, 9.17) is 70.9 Å². The lowest BCUT2D eigenvalue weighted by Crippen LogP contribution is -2.63. The van der Waals surface area contributed by atoms with Crippen LogP contribution in [0, 0.1) is 33.8 Å². The highest BCUT2D eigenvalue weighted by molar-refractivity contribution is 6.40.